The Morgan fingerprint density at radius 2 is 1.59 bits per heavy atom. The van der Waals surface area contributed by atoms with Crippen LogP contribution in [0.1, 0.15) is 82.6 Å². The fourth-order valence-electron chi connectivity index (χ4n) is 9.74. The number of esters is 1. The van der Waals surface area contributed by atoms with Gasteiger partial charge < -0.3 is 30.2 Å². The zero-order chi connectivity index (χ0) is 29.3. The molecule has 0 aromatic rings. The van der Waals surface area contributed by atoms with Crippen LogP contribution in [0.2, 0.25) is 0 Å². The first-order valence-electron chi connectivity index (χ1n) is 14.4. The van der Waals surface area contributed by atoms with Gasteiger partial charge in [-0.3, -0.25) is 0 Å². The largest absolute Gasteiger partial charge is 0.456 e. The summed E-state index contributed by atoms with van der Waals surface area (Å²) in [6.45, 7) is 22.6. The second-order valence-corrected chi connectivity index (χ2v) is 14.0. The third-order valence-electron chi connectivity index (χ3n) is 12.2. The molecule has 221 valence electrons. The van der Waals surface area contributed by atoms with E-state index in [2.05, 4.69) is 41.5 Å². The summed E-state index contributed by atoms with van der Waals surface area (Å²) < 4.78 is 11.9. The molecule has 3 aliphatic rings. The van der Waals surface area contributed by atoms with Crippen molar-refractivity contribution >= 4 is 12.2 Å². The molecule has 1 radical (unpaired) electrons. The molecule has 4 N–H and O–H groups in total. The van der Waals surface area contributed by atoms with Gasteiger partial charge in [0.25, 0.3) is 0 Å². The number of carbonyl (C=O) groups is 1. The molecule has 2 bridgehead atoms. The Morgan fingerprint density at radius 3 is 2.08 bits per heavy atom. The van der Waals surface area contributed by atoms with Crippen molar-refractivity contribution in [2.75, 3.05) is 7.11 Å². The number of methoxy groups -OCH3 is 1. The Balaban J connectivity index is 0.00000533. The fourth-order valence-corrected chi connectivity index (χ4v) is 9.74. The average Bonchev–Trinajstić information content (AvgIpc) is 2.84. The Bertz CT molecular complexity index is 980. The summed E-state index contributed by atoms with van der Waals surface area (Å²) in [5.41, 5.74) is -1.49. The fraction of sp³-hybridized carbons (Fsp3) is 0.871. The predicted octanol–water partition coefficient (Wildman–Crippen LogP) is 4.62. The molecule has 0 heterocycles. The van der Waals surface area contributed by atoms with Crippen LogP contribution in [0.15, 0.2) is 11.1 Å². The average molecular weight is 763 g/mol. The van der Waals surface area contributed by atoms with E-state index in [9.17, 15) is 20.1 Å². The summed E-state index contributed by atoms with van der Waals surface area (Å²) in [7, 11) is 1.65. The number of carbonyl (C=O) groups excluding carboxylic acids is 1. The van der Waals surface area contributed by atoms with Gasteiger partial charge in [0.05, 0.1) is 17.3 Å². The zero-order valence-corrected chi connectivity index (χ0v) is 30.9. The maximum absolute atomic E-state index is 13.0. The van der Waals surface area contributed by atoms with Crippen molar-refractivity contribution in [1.82, 2.24) is 0 Å². The maximum Gasteiger partial charge on any atom is 0.336 e. The van der Waals surface area contributed by atoms with Gasteiger partial charge in [0.1, 0.15) is 6.10 Å². The molecule has 2 saturated carbocycles. The second kappa shape index (κ2) is 11.7. The molecular formula is C31H53AcNO6. The van der Waals surface area contributed by atoms with Crippen LogP contribution in [-0.2, 0) is 14.3 Å². The van der Waals surface area contributed by atoms with Gasteiger partial charge in [0, 0.05) is 80.6 Å². The quantitative estimate of drug-likeness (QED) is 0.185. The Morgan fingerprint density at radius 1 is 1.05 bits per heavy atom. The van der Waals surface area contributed by atoms with Crippen LogP contribution >= 0.6 is 0 Å². The third kappa shape index (κ3) is 4.88. The standard InChI is InChI=1S/C31H53NO6.Ac/c1-15(14-32)24(33)27(34)38-25-18(4)23-17(3)19(5)29(10)16(2)13-22(37-12)30(11,35)26(29)21(7)31(36,20(25)6)28(23,8)9;/h14-17,19-22,24-26,32-33,35-36H,13H2,1-12H3;/t15?,16?,17?,19?,20-,21-,22?,24?,25?,26?,29-,30?,31?;/m0./s1. The molecule has 0 saturated heterocycles. The molecule has 7 nitrogen and oxygen atoms in total. The van der Waals surface area contributed by atoms with E-state index in [1.54, 1.807) is 14.0 Å². The van der Waals surface area contributed by atoms with E-state index in [0.717, 1.165) is 23.8 Å². The van der Waals surface area contributed by atoms with E-state index in [0.29, 0.717) is 0 Å². The van der Waals surface area contributed by atoms with Crippen LogP contribution in [0.25, 0.3) is 0 Å². The number of nitrogens with one attached hydrogen (secondary N) is 1. The first kappa shape index (κ1) is 35.4. The van der Waals surface area contributed by atoms with Gasteiger partial charge in [0.2, 0.25) is 0 Å². The molecule has 0 aromatic heterocycles. The summed E-state index contributed by atoms with van der Waals surface area (Å²) in [4.78, 5) is 13.0. The number of hydrogen-bond acceptors (Lipinski definition) is 7. The van der Waals surface area contributed by atoms with Crippen molar-refractivity contribution in [2.45, 2.75) is 112 Å². The van der Waals surface area contributed by atoms with Crippen molar-refractivity contribution in [3.63, 3.8) is 0 Å². The van der Waals surface area contributed by atoms with E-state index in [-0.39, 0.29) is 85.2 Å². The minimum absolute atomic E-state index is 0. The van der Waals surface area contributed by atoms with Crippen molar-refractivity contribution < 1.29 is 73.7 Å². The topological polar surface area (TPSA) is 120 Å². The van der Waals surface area contributed by atoms with Crippen molar-refractivity contribution in [3.8, 4) is 0 Å². The van der Waals surface area contributed by atoms with Crippen molar-refractivity contribution in [3.05, 3.63) is 11.1 Å². The minimum Gasteiger partial charge on any atom is -0.456 e. The van der Waals surface area contributed by atoms with E-state index < -0.39 is 46.6 Å². The van der Waals surface area contributed by atoms with Crippen LogP contribution in [0.3, 0.4) is 0 Å². The molecule has 8 heteroatoms. The summed E-state index contributed by atoms with van der Waals surface area (Å²) in [6.07, 6.45) is -0.791. The number of ether oxygens (including phenoxy) is 2. The molecule has 0 spiro atoms. The normalized spacial score (nSPS) is 47.1. The first-order chi connectivity index (χ1) is 17.3. The molecule has 3 rings (SSSR count). The van der Waals surface area contributed by atoms with Gasteiger partial charge >= 0.3 is 5.97 Å². The van der Waals surface area contributed by atoms with Crippen LogP contribution in [-0.4, -0.2) is 64.1 Å². The monoisotopic (exact) mass is 762 g/mol. The molecule has 0 aromatic carbocycles. The van der Waals surface area contributed by atoms with E-state index in [4.69, 9.17) is 14.9 Å². The van der Waals surface area contributed by atoms with E-state index in [1.807, 2.05) is 27.7 Å². The third-order valence-corrected chi connectivity index (χ3v) is 12.2. The van der Waals surface area contributed by atoms with Crippen molar-refractivity contribution in [1.29, 1.82) is 5.41 Å². The van der Waals surface area contributed by atoms with E-state index >= 15 is 0 Å². The molecular weight excluding hydrogens is 709 g/mol. The Hall–Kier alpha value is 0.162. The maximum atomic E-state index is 13.0. The number of hydrogen-bond donors (Lipinski definition) is 4. The Labute approximate surface area is 271 Å². The van der Waals surface area contributed by atoms with Gasteiger partial charge in [0.15, 0.2) is 6.10 Å². The number of rotatable bonds is 5. The minimum atomic E-state index is -1.45. The van der Waals surface area contributed by atoms with Crippen LogP contribution in [0.4, 0.5) is 0 Å². The van der Waals surface area contributed by atoms with Crippen LogP contribution in [0, 0.1) is 102 Å². The van der Waals surface area contributed by atoms with Crippen LogP contribution in [0.5, 0.6) is 0 Å². The second-order valence-electron chi connectivity index (χ2n) is 14.0. The molecule has 0 amide bonds. The summed E-state index contributed by atoms with van der Waals surface area (Å²) in [6, 6.07) is 0. The molecule has 2 fully saturated rings. The molecule has 13 atom stereocenters. The molecule has 0 aliphatic heterocycles. The zero-order valence-electron chi connectivity index (χ0n) is 26.2. The SMILES string of the molecule is COC1CC(C)[C@@]2(C)C(C)C(C)C3=C(C)C(OC(=O)C(O)C(C)C=N)[C@H](C)C(O)([C@@H](C)C2C1(C)O)C3(C)C.[Ac]. The van der Waals surface area contributed by atoms with Gasteiger partial charge in [-0.1, -0.05) is 67.9 Å². The first-order valence-corrected chi connectivity index (χ1v) is 14.4. The predicted molar refractivity (Wildman–Crippen MR) is 149 cm³/mol. The summed E-state index contributed by atoms with van der Waals surface area (Å²) in [5.74, 6) is -2.23. The number of aliphatic hydroxyl groups is 3. The summed E-state index contributed by atoms with van der Waals surface area (Å²) >= 11 is 0. The van der Waals surface area contributed by atoms with Gasteiger partial charge in [-0.15, -0.1) is 0 Å². The Kier molecular flexibility index (Phi) is 10.6. The molecule has 10 unspecified atom stereocenters. The van der Waals surface area contributed by atoms with Gasteiger partial charge in [-0.2, -0.15) is 0 Å². The smallest absolute Gasteiger partial charge is 0.336 e. The molecule has 39 heavy (non-hydrogen) atoms. The van der Waals surface area contributed by atoms with Crippen molar-refractivity contribution in [2.24, 2.45) is 52.3 Å². The van der Waals surface area contributed by atoms with Gasteiger partial charge in [-0.25, -0.2) is 4.79 Å². The number of fused-ring (bicyclic) bond motifs is 3. The summed E-state index contributed by atoms with van der Waals surface area (Å²) in [5, 5.41) is 43.2. The molecule has 3 aliphatic carbocycles. The van der Waals surface area contributed by atoms with Gasteiger partial charge in [-0.05, 0) is 54.9 Å². The van der Waals surface area contributed by atoms with Crippen LogP contribution < -0.4 is 0 Å². The van der Waals surface area contributed by atoms with E-state index in [1.165, 1.54) is 0 Å². The number of aliphatic hydroxyl groups excluding tert-OH is 1.